The fraction of sp³-hybridized carbons (Fsp3) is 0.348. The maximum absolute atomic E-state index is 13.4. The van der Waals surface area contributed by atoms with Crippen LogP contribution in [0.4, 0.5) is 5.69 Å². The van der Waals surface area contributed by atoms with Crippen LogP contribution in [0.1, 0.15) is 53.9 Å². The predicted octanol–water partition coefficient (Wildman–Crippen LogP) is 4.93. The third kappa shape index (κ3) is 4.63. The number of nitro groups is 1. The molecular weight excluding hydrogens is 396 g/mol. The molecule has 8 nitrogen and oxygen atoms in total. The number of carbonyl (C=O) groups is 1. The van der Waals surface area contributed by atoms with Gasteiger partial charge in [0, 0.05) is 28.8 Å². The molecule has 4 rings (SSSR count). The molecule has 1 amide bonds. The maximum atomic E-state index is 13.4. The Hall–Kier alpha value is -3.55. The van der Waals surface area contributed by atoms with Gasteiger partial charge in [0.1, 0.15) is 6.54 Å². The Kier molecular flexibility index (Phi) is 6.06. The summed E-state index contributed by atoms with van der Waals surface area (Å²) in [7, 11) is 0. The summed E-state index contributed by atoms with van der Waals surface area (Å²) in [5, 5.41) is 15.4. The molecule has 8 heteroatoms. The Morgan fingerprint density at radius 1 is 1.16 bits per heavy atom. The van der Waals surface area contributed by atoms with Gasteiger partial charge < -0.3 is 9.42 Å². The van der Waals surface area contributed by atoms with E-state index in [2.05, 4.69) is 10.1 Å². The van der Waals surface area contributed by atoms with Crippen LogP contribution in [0.2, 0.25) is 0 Å². The topological polar surface area (TPSA) is 102 Å². The zero-order valence-corrected chi connectivity index (χ0v) is 17.4. The normalized spacial score (nSPS) is 14.4. The van der Waals surface area contributed by atoms with Crippen LogP contribution in [0.3, 0.4) is 0 Å². The van der Waals surface area contributed by atoms with Crippen molar-refractivity contribution >= 4 is 11.6 Å². The molecule has 31 heavy (non-hydrogen) atoms. The third-order valence-corrected chi connectivity index (χ3v) is 5.73. The van der Waals surface area contributed by atoms with Crippen molar-refractivity contribution in [2.24, 2.45) is 0 Å². The van der Waals surface area contributed by atoms with Gasteiger partial charge >= 0.3 is 0 Å². The van der Waals surface area contributed by atoms with Crippen molar-refractivity contribution < 1.29 is 14.2 Å². The molecule has 0 unspecified atom stereocenters. The van der Waals surface area contributed by atoms with E-state index in [1.807, 2.05) is 30.3 Å². The molecule has 1 heterocycles. The monoisotopic (exact) mass is 420 g/mol. The molecule has 1 aromatic heterocycles. The maximum Gasteiger partial charge on any atom is 0.273 e. The van der Waals surface area contributed by atoms with Gasteiger partial charge in [-0.05, 0) is 25.8 Å². The molecule has 0 radical (unpaired) electrons. The second-order valence-electron chi connectivity index (χ2n) is 7.86. The predicted molar refractivity (Wildman–Crippen MR) is 114 cm³/mol. The van der Waals surface area contributed by atoms with E-state index in [-0.39, 0.29) is 24.2 Å². The minimum atomic E-state index is -0.457. The summed E-state index contributed by atoms with van der Waals surface area (Å²) >= 11 is 0. The Labute approximate surface area is 180 Å². The summed E-state index contributed by atoms with van der Waals surface area (Å²) in [6.45, 7) is 1.83. The lowest BCUT2D eigenvalue weighted by Gasteiger charge is -2.33. The van der Waals surface area contributed by atoms with Crippen molar-refractivity contribution in [3.8, 4) is 11.4 Å². The summed E-state index contributed by atoms with van der Waals surface area (Å²) in [4.78, 5) is 30.5. The number of carbonyl (C=O) groups excluding carboxylic acids is 1. The van der Waals surface area contributed by atoms with Crippen LogP contribution in [0, 0.1) is 17.0 Å². The van der Waals surface area contributed by atoms with Crippen molar-refractivity contribution in [3.63, 3.8) is 0 Å². The molecule has 0 bridgehead atoms. The molecule has 1 aliphatic rings. The van der Waals surface area contributed by atoms with Crippen LogP contribution >= 0.6 is 0 Å². The molecule has 0 saturated heterocycles. The van der Waals surface area contributed by atoms with Crippen molar-refractivity contribution in [3.05, 3.63) is 75.7 Å². The summed E-state index contributed by atoms with van der Waals surface area (Å²) in [6.07, 6.45) is 5.01. The molecule has 160 valence electrons. The average Bonchev–Trinajstić information content (AvgIpc) is 3.27. The number of aryl methyl sites for hydroxylation is 1. The van der Waals surface area contributed by atoms with Gasteiger partial charge in [0.2, 0.25) is 11.7 Å². The summed E-state index contributed by atoms with van der Waals surface area (Å²) in [6, 6.07) is 14.1. The Morgan fingerprint density at radius 3 is 2.61 bits per heavy atom. The second kappa shape index (κ2) is 9.07. The number of nitrogens with zero attached hydrogens (tertiary/aromatic N) is 4. The highest BCUT2D eigenvalue weighted by Crippen LogP contribution is 2.27. The second-order valence-corrected chi connectivity index (χ2v) is 7.86. The molecule has 2 aromatic carbocycles. The highest BCUT2D eigenvalue weighted by Gasteiger charge is 2.29. The van der Waals surface area contributed by atoms with E-state index in [0.29, 0.717) is 22.8 Å². The lowest BCUT2D eigenvalue weighted by atomic mass is 9.93. The average molecular weight is 420 g/mol. The van der Waals surface area contributed by atoms with E-state index in [1.54, 1.807) is 24.0 Å². The number of hydrogen-bond acceptors (Lipinski definition) is 6. The molecule has 3 aromatic rings. The van der Waals surface area contributed by atoms with E-state index < -0.39 is 4.92 Å². The van der Waals surface area contributed by atoms with Crippen LogP contribution in [0.5, 0.6) is 0 Å². The van der Waals surface area contributed by atoms with Crippen LogP contribution < -0.4 is 0 Å². The number of hydrogen-bond donors (Lipinski definition) is 0. The summed E-state index contributed by atoms with van der Waals surface area (Å²) in [5.74, 6) is 0.562. The molecule has 1 aliphatic carbocycles. The molecular formula is C23H24N4O4. The number of nitro benzene ring substituents is 1. The number of amides is 1. The van der Waals surface area contributed by atoms with Crippen molar-refractivity contribution in [1.82, 2.24) is 15.0 Å². The van der Waals surface area contributed by atoms with Crippen LogP contribution in [-0.4, -0.2) is 31.9 Å². The molecule has 1 fully saturated rings. The summed E-state index contributed by atoms with van der Waals surface area (Å²) in [5.41, 5.74) is 1.60. The highest BCUT2D eigenvalue weighted by atomic mass is 16.6. The molecule has 1 saturated carbocycles. The first-order chi connectivity index (χ1) is 15.0. The van der Waals surface area contributed by atoms with Gasteiger partial charge in [0.25, 0.3) is 11.6 Å². The van der Waals surface area contributed by atoms with Gasteiger partial charge in [-0.2, -0.15) is 4.98 Å². The fourth-order valence-corrected chi connectivity index (χ4v) is 4.03. The fourth-order valence-electron chi connectivity index (χ4n) is 4.03. The highest BCUT2D eigenvalue weighted by molar-refractivity contribution is 5.95. The van der Waals surface area contributed by atoms with Gasteiger partial charge in [0.15, 0.2) is 0 Å². The number of rotatable bonds is 6. The summed E-state index contributed by atoms with van der Waals surface area (Å²) < 4.78 is 5.44. The van der Waals surface area contributed by atoms with Gasteiger partial charge in [-0.1, -0.05) is 60.8 Å². The van der Waals surface area contributed by atoms with Crippen molar-refractivity contribution in [1.29, 1.82) is 0 Å². The molecule has 0 spiro atoms. The zero-order chi connectivity index (χ0) is 21.8. The smallest absolute Gasteiger partial charge is 0.273 e. The van der Waals surface area contributed by atoms with E-state index in [9.17, 15) is 14.9 Å². The first-order valence-electron chi connectivity index (χ1n) is 10.5. The third-order valence-electron chi connectivity index (χ3n) is 5.73. The molecule has 0 N–H and O–H groups in total. The molecule has 0 aliphatic heterocycles. The quantitative estimate of drug-likeness (QED) is 0.414. The Balaban J connectivity index is 1.62. The Morgan fingerprint density at radius 2 is 1.90 bits per heavy atom. The van der Waals surface area contributed by atoms with Crippen molar-refractivity contribution in [2.75, 3.05) is 0 Å². The SMILES string of the molecule is Cc1ccc(C(=O)N(Cc2nc(-c3ccccc3)no2)C2CCCCC2)cc1[N+](=O)[O-]. The van der Waals surface area contributed by atoms with Crippen molar-refractivity contribution in [2.45, 2.75) is 51.6 Å². The standard InChI is InChI=1S/C23H24N4O4/c1-16-12-13-18(14-20(16)27(29)30)23(28)26(19-10-6-3-7-11-19)15-21-24-22(25-31-21)17-8-4-2-5-9-17/h2,4-5,8-9,12-14,19H,3,6-7,10-11,15H2,1H3. The number of benzene rings is 2. The van der Waals surface area contributed by atoms with E-state index in [1.165, 1.54) is 6.07 Å². The van der Waals surface area contributed by atoms with Gasteiger partial charge in [-0.3, -0.25) is 14.9 Å². The van der Waals surface area contributed by atoms with E-state index in [0.717, 1.165) is 37.7 Å². The lowest BCUT2D eigenvalue weighted by Crippen LogP contribution is -2.41. The van der Waals surface area contributed by atoms with Gasteiger partial charge in [0.05, 0.1) is 4.92 Å². The first kappa shape index (κ1) is 20.7. The molecule has 0 atom stereocenters. The van der Waals surface area contributed by atoms with Gasteiger partial charge in [-0.25, -0.2) is 0 Å². The Bertz CT molecular complexity index is 1070. The van der Waals surface area contributed by atoms with Crippen LogP contribution in [0.25, 0.3) is 11.4 Å². The minimum Gasteiger partial charge on any atom is -0.337 e. The first-order valence-corrected chi connectivity index (χ1v) is 10.5. The lowest BCUT2D eigenvalue weighted by molar-refractivity contribution is -0.385. The van der Waals surface area contributed by atoms with E-state index in [4.69, 9.17) is 4.52 Å². The number of aromatic nitrogens is 2. The van der Waals surface area contributed by atoms with Gasteiger partial charge in [-0.15, -0.1) is 0 Å². The minimum absolute atomic E-state index is 0.0358. The van der Waals surface area contributed by atoms with E-state index >= 15 is 0 Å². The zero-order valence-electron chi connectivity index (χ0n) is 17.4. The van der Waals surface area contributed by atoms with Crippen LogP contribution in [-0.2, 0) is 6.54 Å². The largest absolute Gasteiger partial charge is 0.337 e. The van der Waals surface area contributed by atoms with Crippen LogP contribution in [0.15, 0.2) is 53.1 Å².